The van der Waals surface area contributed by atoms with Crippen molar-refractivity contribution in [1.82, 2.24) is 0 Å². The average Bonchev–Trinajstić information content (AvgIpc) is 2.25. The molecule has 0 aliphatic heterocycles. The molecule has 0 bridgehead atoms. The number of hydrogen-bond acceptors (Lipinski definition) is 3. The number of carbonyl (C=O) groups excluding carboxylic acids is 1. The van der Waals surface area contributed by atoms with Crippen LogP contribution in [0, 0.1) is 12.0 Å². The number of carbonyl (C=O) groups is 1. The molecule has 1 rings (SSSR count). The third kappa shape index (κ3) is 2.27. The van der Waals surface area contributed by atoms with E-state index in [4.69, 9.17) is 4.74 Å². The van der Waals surface area contributed by atoms with E-state index in [0.717, 1.165) is 0 Å². The van der Waals surface area contributed by atoms with Crippen LogP contribution in [0.3, 0.4) is 0 Å². The maximum Gasteiger partial charge on any atom is 0.355 e. The monoisotopic (exact) mass is 190 g/mol. The largest absolute Gasteiger partial charge is 0.496 e. The molecule has 0 saturated carbocycles. The van der Waals surface area contributed by atoms with Crippen LogP contribution < -0.4 is 4.74 Å². The van der Waals surface area contributed by atoms with E-state index in [1.54, 1.807) is 31.2 Å². The third-order valence-corrected chi connectivity index (χ3v) is 1.57. The van der Waals surface area contributed by atoms with Gasteiger partial charge in [0, 0.05) is 6.92 Å². The molecular weight excluding hydrogens is 180 g/mol. The second-order valence-electron chi connectivity index (χ2n) is 2.44. The zero-order chi connectivity index (χ0) is 10.4. The van der Waals surface area contributed by atoms with Crippen molar-refractivity contribution in [3.63, 3.8) is 0 Å². The third-order valence-electron chi connectivity index (χ3n) is 1.57. The molecule has 3 heteroatoms. The molecule has 0 heterocycles. The molecule has 0 aliphatic rings. The topological polar surface area (TPSA) is 35.5 Å². The molecule has 72 valence electrons. The average molecular weight is 190 g/mol. The van der Waals surface area contributed by atoms with Gasteiger partial charge in [-0.15, -0.1) is 0 Å². The SMILES string of the molecule is CC#COC(=O)c1ccccc1OC. The van der Waals surface area contributed by atoms with E-state index in [9.17, 15) is 4.79 Å². The molecule has 0 saturated heterocycles. The van der Waals surface area contributed by atoms with Gasteiger partial charge in [0.2, 0.25) is 0 Å². The lowest BCUT2D eigenvalue weighted by atomic mass is 10.2. The lowest BCUT2D eigenvalue weighted by molar-refractivity contribution is 0.0687. The summed E-state index contributed by atoms with van der Waals surface area (Å²) in [6.45, 7) is 1.59. The van der Waals surface area contributed by atoms with Gasteiger partial charge >= 0.3 is 5.97 Å². The predicted octanol–water partition coefficient (Wildman–Crippen LogP) is 1.83. The first-order valence-corrected chi connectivity index (χ1v) is 4.05. The van der Waals surface area contributed by atoms with Crippen LogP contribution in [0.25, 0.3) is 0 Å². The fraction of sp³-hybridized carbons (Fsp3) is 0.182. The first kappa shape index (κ1) is 10.1. The molecule has 0 fully saturated rings. The highest BCUT2D eigenvalue weighted by Gasteiger charge is 2.11. The molecule has 0 aliphatic carbocycles. The Morgan fingerprint density at radius 2 is 2.07 bits per heavy atom. The Balaban J connectivity index is 2.92. The maximum absolute atomic E-state index is 11.4. The summed E-state index contributed by atoms with van der Waals surface area (Å²) in [4.78, 5) is 11.4. The van der Waals surface area contributed by atoms with Gasteiger partial charge in [0.15, 0.2) is 0 Å². The van der Waals surface area contributed by atoms with Crippen LogP contribution in [0.2, 0.25) is 0 Å². The van der Waals surface area contributed by atoms with Gasteiger partial charge in [0.05, 0.1) is 7.11 Å². The minimum atomic E-state index is -0.503. The van der Waals surface area contributed by atoms with E-state index in [1.165, 1.54) is 7.11 Å². The van der Waals surface area contributed by atoms with Crippen molar-refractivity contribution >= 4 is 5.97 Å². The Morgan fingerprint density at radius 3 is 2.71 bits per heavy atom. The summed E-state index contributed by atoms with van der Waals surface area (Å²) < 4.78 is 9.64. The Bertz CT molecular complexity index is 385. The zero-order valence-electron chi connectivity index (χ0n) is 8.03. The van der Waals surface area contributed by atoms with E-state index in [0.29, 0.717) is 11.3 Å². The minimum Gasteiger partial charge on any atom is -0.496 e. The molecule has 0 unspecified atom stereocenters. The fourth-order valence-corrected chi connectivity index (χ4v) is 0.966. The zero-order valence-corrected chi connectivity index (χ0v) is 8.03. The first-order chi connectivity index (χ1) is 6.79. The Kier molecular flexibility index (Phi) is 3.57. The standard InChI is InChI=1S/C11H10O3/c1-3-8-14-11(12)9-6-4-5-7-10(9)13-2/h4-7H,1-2H3. The number of methoxy groups -OCH3 is 1. The summed E-state index contributed by atoms with van der Waals surface area (Å²) in [5, 5.41) is 0. The summed E-state index contributed by atoms with van der Waals surface area (Å²) in [7, 11) is 1.50. The molecule has 1 aromatic rings. The van der Waals surface area contributed by atoms with E-state index < -0.39 is 5.97 Å². The first-order valence-electron chi connectivity index (χ1n) is 4.05. The fourth-order valence-electron chi connectivity index (χ4n) is 0.966. The lowest BCUT2D eigenvalue weighted by Gasteiger charge is -2.04. The van der Waals surface area contributed by atoms with Crippen molar-refractivity contribution in [2.24, 2.45) is 0 Å². The van der Waals surface area contributed by atoms with Gasteiger partial charge in [-0.3, -0.25) is 0 Å². The number of para-hydroxylation sites is 1. The molecule has 0 spiro atoms. The van der Waals surface area contributed by atoms with Crippen LogP contribution in [0.5, 0.6) is 5.75 Å². The molecule has 0 aromatic heterocycles. The Labute approximate surface area is 82.6 Å². The van der Waals surface area contributed by atoms with Gasteiger partial charge in [-0.25, -0.2) is 4.79 Å². The summed E-state index contributed by atoms with van der Waals surface area (Å²) >= 11 is 0. The lowest BCUT2D eigenvalue weighted by Crippen LogP contribution is -2.03. The number of esters is 1. The van der Waals surface area contributed by atoms with Gasteiger partial charge in [0.25, 0.3) is 0 Å². The van der Waals surface area contributed by atoms with Crippen LogP contribution in [0.15, 0.2) is 24.3 Å². The molecule has 0 radical (unpaired) electrons. The number of hydrogen-bond donors (Lipinski definition) is 0. The van der Waals surface area contributed by atoms with Crippen molar-refractivity contribution in [3.05, 3.63) is 29.8 Å². The molecular formula is C11H10O3. The summed E-state index contributed by atoms with van der Waals surface area (Å²) in [6, 6.07) is 6.83. The summed E-state index contributed by atoms with van der Waals surface area (Å²) in [5.41, 5.74) is 0.373. The van der Waals surface area contributed by atoms with E-state index in [2.05, 4.69) is 16.8 Å². The normalized spacial score (nSPS) is 8.43. The van der Waals surface area contributed by atoms with Crippen LogP contribution in [0.4, 0.5) is 0 Å². The number of rotatable bonds is 2. The van der Waals surface area contributed by atoms with Crippen LogP contribution in [-0.4, -0.2) is 13.1 Å². The molecule has 0 amide bonds. The molecule has 0 atom stereocenters. The quantitative estimate of drug-likeness (QED) is 0.527. The van der Waals surface area contributed by atoms with E-state index in [-0.39, 0.29) is 0 Å². The van der Waals surface area contributed by atoms with Gasteiger partial charge in [-0.2, -0.15) is 0 Å². The van der Waals surface area contributed by atoms with Crippen LogP contribution >= 0.6 is 0 Å². The van der Waals surface area contributed by atoms with Crippen molar-refractivity contribution in [3.8, 4) is 17.8 Å². The smallest absolute Gasteiger partial charge is 0.355 e. The predicted molar refractivity (Wildman–Crippen MR) is 51.9 cm³/mol. The second-order valence-corrected chi connectivity index (χ2v) is 2.44. The van der Waals surface area contributed by atoms with Crippen LogP contribution in [0.1, 0.15) is 17.3 Å². The second kappa shape index (κ2) is 4.93. The Morgan fingerprint density at radius 1 is 1.36 bits per heavy atom. The maximum atomic E-state index is 11.4. The summed E-state index contributed by atoms with van der Waals surface area (Å²) in [5.74, 6) is 2.45. The highest BCUT2D eigenvalue weighted by Crippen LogP contribution is 2.17. The van der Waals surface area contributed by atoms with E-state index in [1.807, 2.05) is 0 Å². The molecule has 14 heavy (non-hydrogen) atoms. The van der Waals surface area contributed by atoms with Gasteiger partial charge in [-0.1, -0.05) is 18.1 Å². The van der Waals surface area contributed by atoms with Gasteiger partial charge in [-0.05, 0) is 12.1 Å². The number of benzene rings is 1. The highest BCUT2D eigenvalue weighted by atomic mass is 16.5. The molecule has 1 aromatic carbocycles. The molecule has 0 N–H and O–H groups in total. The van der Waals surface area contributed by atoms with Gasteiger partial charge < -0.3 is 9.47 Å². The van der Waals surface area contributed by atoms with Crippen molar-refractivity contribution in [2.45, 2.75) is 6.92 Å². The van der Waals surface area contributed by atoms with Crippen molar-refractivity contribution in [2.75, 3.05) is 7.11 Å². The number of ether oxygens (including phenoxy) is 2. The highest BCUT2D eigenvalue weighted by molar-refractivity contribution is 5.93. The van der Waals surface area contributed by atoms with E-state index >= 15 is 0 Å². The Hall–Kier alpha value is -1.95. The summed E-state index contributed by atoms with van der Waals surface area (Å²) in [6.07, 6.45) is 2.24. The van der Waals surface area contributed by atoms with Gasteiger partial charge in [0.1, 0.15) is 17.4 Å². The van der Waals surface area contributed by atoms with Crippen LogP contribution in [-0.2, 0) is 4.74 Å². The van der Waals surface area contributed by atoms with Crippen molar-refractivity contribution in [1.29, 1.82) is 0 Å². The minimum absolute atomic E-state index is 0.373. The molecule has 3 nitrogen and oxygen atoms in total. The van der Waals surface area contributed by atoms with Crippen molar-refractivity contribution < 1.29 is 14.3 Å².